The van der Waals surface area contributed by atoms with E-state index in [1.165, 1.54) is 4.90 Å². The molecule has 1 N–H and O–H groups in total. The highest BCUT2D eigenvalue weighted by molar-refractivity contribution is 5.10. The van der Waals surface area contributed by atoms with Gasteiger partial charge in [-0.2, -0.15) is 0 Å². The number of hydrogen-bond acceptors (Lipinski definition) is 3. The summed E-state index contributed by atoms with van der Waals surface area (Å²) in [7, 11) is 3.96. The molecule has 2 rings (SSSR count). The molecule has 0 saturated carbocycles. The first-order valence-electron chi connectivity index (χ1n) is 6.15. The van der Waals surface area contributed by atoms with Crippen LogP contribution in [-0.4, -0.2) is 48.5 Å². The molecule has 0 amide bonds. The molecule has 17 heavy (non-hydrogen) atoms. The summed E-state index contributed by atoms with van der Waals surface area (Å²) in [6.45, 7) is 11.6. The van der Waals surface area contributed by atoms with Gasteiger partial charge in [0.2, 0.25) is 6.29 Å². The molecule has 3 atom stereocenters. The van der Waals surface area contributed by atoms with Gasteiger partial charge in [0.05, 0.1) is 20.2 Å². The number of hydrogen-bond donors (Lipinski definition) is 1. The van der Waals surface area contributed by atoms with E-state index in [-0.39, 0.29) is 17.9 Å². The maximum absolute atomic E-state index is 5.59. The highest BCUT2D eigenvalue weighted by atomic mass is 16.7. The summed E-state index contributed by atoms with van der Waals surface area (Å²) in [6.07, 6.45) is 4.71. The zero-order valence-corrected chi connectivity index (χ0v) is 11.5. The van der Waals surface area contributed by atoms with Crippen LogP contribution >= 0.6 is 0 Å². The first kappa shape index (κ1) is 12.6. The van der Waals surface area contributed by atoms with E-state index in [1.54, 1.807) is 7.11 Å². The predicted octanol–water partition coefficient (Wildman–Crippen LogP) is 0.214. The van der Waals surface area contributed by atoms with Gasteiger partial charge < -0.3 is 4.90 Å². The van der Waals surface area contributed by atoms with Crippen LogP contribution in [0.25, 0.3) is 0 Å². The van der Waals surface area contributed by atoms with Crippen molar-refractivity contribution in [2.45, 2.75) is 38.6 Å². The largest absolute Gasteiger partial charge is 0.312 e. The molecule has 0 bridgehead atoms. The zero-order valence-electron chi connectivity index (χ0n) is 11.5. The van der Waals surface area contributed by atoms with Crippen molar-refractivity contribution in [2.24, 2.45) is 0 Å². The Morgan fingerprint density at radius 1 is 1.53 bits per heavy atom. The number of quaternary nitrogens is 1. The average Bonchev–Trinajstić information content (AvgIpc) is 2.63. The molecule has 3 unspecified atom stereocenters. The van der Waals surface area contributed by atoms with Crippen LogP contribution in [0, 0.1) is 0 Å². The fourth-order valence-corrected chi connectivity index (χ4v) is 2.63. The Morgan fingerprint density at radius 3 is 2.71 bits per heavy atom. The third-order valence-corrected chi connectivity index (χ3v) is 4.11. The molecule has 4 heteroatoms. The van der Waals surface area contributed by atoms with Gasteiger partial charge in [-0.1, -0.05) is 12.2 Å². The van der Waals surface area contributed by atoms with Crippen LogP contribution in [-0.2, 0) is 4.84 Å². The first-order chi connectivity index (χ1) is 7.88. The number of hydroxylamine groups is 2. The lowest BCUT2D eigenvalue weighted by molar-refractivity contribution is -0.974. The van der Waals surface area contributed by atoms with E-state index in [1.807, 2.05) is 0 Å². The Morgan fingerprint density at radius 2 is 2.18 bits per heavy atom. The van der Waals surface area contributed by atoms with Crippen molar-refractivity contribution in [2.75, 3.05) is 20.7 Å². The SMILES string of the molecule is C=C(C)C1CN2C=CC(C)(C)[NH+](C)C2N1OC. The van der Waals surface area contributed by atoms with Crippen molar-refractivity contribution in [3.05, 3.63) is 24.4 Å². The Hall–Kier alpha value is -0.840. The Balaban J connectivity index is 2.31. The summed E-state index contributed by atoms with van der Waals surface area (Å²) in [5.74, 6) is 0. The number of fused-ring (bicyclic) bond motifs is 1. The minimum Gasteiger partial charge on any atom is -0.312 e. The number of nitrogens with one attached hydrogen (secondary N) is 1. The van der Waals surface area contributed by atoms with Gasteiger partial charge >= 0.3 is 0 Å². The third-order valence-electron chi connectivity index (χ3n) is 4.11. The maximum Gasteiger partial charge on any atom is 0.246 e. The van der Waals surface area contributed by atoms with E-state index >= 15 is 0 Å². The van der Waals surface area contributed by atoms with Gasteiger partial charge in [-0.15, -0.1) is 5.06 Å². The Kier molecular flexibility index (Phi) is 3.06. The lowest BCUT2D eigenvalue weighted by Gasteiger charge is -2.43. The standard InChI is InChI=1S/C13H23N3O/c1-10(2)11-9-15-8-7-13(3,4)14(5)12(15)16(11)17-6/h7-8,11-12H,1,9H2,2-6H3/p+1. The second-order valence-corrected chi connectivity index (χ2v) is 5.70. The molecule has 1 fully saturated rings. The van der Waals surface area contributed by atoms with Crippen LogP contribution in [0.2, 0.25) is 0 Å². The van der Waals surface area contributed by atoms with Crippen LogP contribution in [0.15, 0.2) is 24.4 Å². The topological polar surface area (TPSA) is 20.2 Å². The van der Waals surface area contributed by atoms with Crippen LogP contribution in [0.1, 0.15) is 20.8 Å². The van der Waals surface area contributed by atoms with Crippen molar-refractivity contribution in [3.8, 4) is 0 Å². The van der Waals surface area contributed by atoms with E-state index in [2.05, 4.69) is 56.6 Å². The quantitative estimate of drug-likeness (QED) is 0.695. The summed E-state index contributed by atoms with van der Waals surface area (Å²) in [5, 5.41) is 2.07. The second kappa shape index (κ2) is 4.12. The van der Waals surface area contributed by atoms with E-state index in [4.69, 9.17) is 4.84 Å². The van der Waals surface area contributed by atoms with E-state index < -0.39 is 0 Å². The highest BCUT2D eigenvalue weighted by Gasteiger charge is 2.50. The fourth-order valence-electron chi connectivity index (χ4n) is 2.63. The van der Waals surface area contributed by atoms with Gasteiger partial charge in [-0.3, -0.25) is 9.74 Å². The highest BCUT2D eigenvalue weighted by Crippen LogP contribution is 2.25. The molecule has 0 radical (unpaired) electrons. The molecule has 0 aromatic heterocycles. The number of nitrogens with zero attached hydrogens (tertiary/aromatic N) is 2. The molecular formula is C13H24N3O+. The van der Waals surface area contributed by atoms with Gasteiger partial charge in [0, 0.05) is 12.7 Å². The summed E-state index contributed by atoms with van der Waals surface area (Å²) in [4.78, 5) is 9.35. The van der Waals surface area contributed by atoms with Gasteiger partial charge in [0.1, 0.15) is 5.54 Å². The lowest BCUT2D eigenvalue weighted by atomic mass is 10.0. The summed E-state index contributed by atoms with van der Waals surface area (Å²) in [6, 6.07) is 0.276. The normalized spacial score (nSPS) is 36.1. The van der Waals surface area contributed by atoms with Gasteiger partial charge in [0.25, 0.3) is 0 Å². The average molecular weight is 238 g/mol. The third kappa shape index (κ3) is 1.90. The number of rotatable bonds is 2. The minimum atomic E-state index is 0.127. The van der Waals surface area contributed by atoms with E-state index in [0.717, 1.165) is 12.1 Å². The van der Waals surface area contributed by atoms with Crippen LogP contribution < -0.4 is 4.90 Å². The van der Waals surface area contributed by atoms with Gasteiger partial charge in [-0.05, 0) is 26.8 Å². The maximum atomic E-state index is 5.59. The summed E-state index contributed by atoms with van der Waals surface area (Å²) in [5.41, 5.74) is 1.28. The molecule has 4 nitrogen and oxygen atoms in total. The zero-order chi connectivity index (χ0) is 12.8. The van der Waals surface area contributed by atoms with Crippen LogP contribution in [0.4, 0.5) is 0 Å². The second-order valence-electron chi connectivity index (χ2n) is 5.70. The molecule has 2 aliphatic heterocycles. The van der Waals surface area contributed by atoms with E-state index in [0.29, 0.717) is 0 Å². The predicted molar refractivity (Wildman–Crippen MR) is 68.0 cm³/mol. The molecular weight excluding hydrogens is 214 g/mol. The van der Waals surface area contributed by atoms with Crippen molar-refractivity contribution in [3.63, 3.8) is 0 Å². The molecule has 1 saturated heterocycles. The molecule has 0 aromatic rings. The number of likely N-dealkylation sites (N-methyl/N-ethyl adjacent to an activating group) is 1. The Labute approximate surface area is 104 Å². The molecule has 2 heterocycles. The summed E-state index contributed by atoms with van der Waals surface area (Å²) >= 11 is 0. The lowest BCUT2D eigenvalue weighted by Crippen LogP contribution is -3.23. The van der Waals surface area contributed by atoms with Crippen molar-refractivity contribution >= 4 is 0 Å². The molecule has 2 aliphatic rings. The van der Waals surface area contributed by atoms with Crippen LogP contribution in [0.5, 0.6) is 0 Å². The van der Waals surface area contributed by atoms with Crippen molar-refractivity contribution in [1.82, 2.24) is 9.96 Å². The minimum absolute atomic E-state index is 0.127. The van der Waals surface area contributed by atoms with Gasteiger partial charge in [-0.25, -0.2) is 0 Å². The monoisotopic (exact) mass is 238 g/mol. The van der Waals surface area contributed by atoms with E-state index in [9.17, 15) is 0 Å². The van der Waals surface area contributed by atoms with Crippen molar-refractivity contribution in [1.29, 1.82) is 0 Å². The molecule has 0 aromatic carbocycles. The van der Waals surface area contributed by atoms with Crippen LogP contribution in [0.3, 0.4) is 0 Å². The molecule has 0 aliphatic carbocycles. The Bertz CT molecular complexity index is 351. The molecule has 0 spiro atoms. The van der Waals surface area contributed by atoms with Gasteiger partial charge in [0.15, 0.2) is 0 Å². The van der Waals surface area contributed by atoms with Crippen molar-refractivity contribution < 1.29 is 9.74 Å². The first-order valence-corrected chi connectivity index (χ1v) is 6.15. The fraction of sp³-hybridized carbons (Fsp3) is 0.692. The smallest absolute Gasteiger partial charge is 0.246 e. The summed E-state index contributed by atoms with van der Waals surface area (Å²) < 4.78 is 0. The molecule has 96 valence electrons.